The largest absolute Gasteiger partial charge is 0.507 e. The van der Waals surface area contributed by atoms with Crippen LogP contribution in [0.1, 0.15) is 30.5 Å². The van der Waals surface area contributed by atoms with Gasteiger partial charge in [0.25, 0.3) is 0 Å². The number of hydrogen-bond donors (Lipinski definition) is 3. The Bertz CT molecular complexity index is 1500. The third kappa shape index (κ3) is 6.31. The van der Waals surface area contributed by atoms with Crippen molar-refractivity contribution in [1.29, 1.82) is 0 Å². The summed E-state index contributed by atoms with van der Waals surface area (Å²) in [5.41, 5.74) is 1.90. The van der Waals surface area contributed by atoms with Gasteiger partial charge in [0.1, 0.15) is 17.5 Å². The fourth-order valence-electron chi connectivity index (χ4n) is 5.10. The maximum atomic E-state index is 13.9. The van der Waals surface area contributed by atoms with Crippen molar-refractivity contribution in [3.63, 3.8) is 0 Å². The maximum Gasteiger partial charge on any atom is 0.232 e. The fraction of sp³-hybridized carbons (Fsp3) is 0.379. The van der Waals surface area contributed by atoms with Crippen molar-refractivity contribution < 1.29 is 32.8 Å². The molecule has 42 heavy (non-hydrogen) atoms. The highest BCUT2D eigenvalue weighted by molar-refractivity contribution is 6.31. The minimum atomic E-state index is -1.52. The summed E-state index contributed by atoms with van der Waals surface area (Å²) in [6, 6.07) is 8.33. The zero-order chi connectivity index (χ0) is 29.3. The summed E-state index contributed by atoms with van der Waals surface area (Å²) in [6.07, 6.45) is 2.99. The van der Waals surface area contributed by atoms with E-state index in [-0.39, 0.29) is 40.4 Å². The molecule has 2 atom stereocenters. The number of benzene rings is 2. The fourth-order valence-corrected chi connectivity index (χ4v) is 5.46. The molecule has 2 aromatic carbocycles. The number of aliphatic hydroxyl groups is 1. The van der Waals surface area contributed by atoms with E-state index in [4.69, 9.17) is 42.1 Å². The maximum absolute atomic E-state index is 13.9. The lowest BCUT2D eigenvalue weighted by Gasteiger charge is -2.41. The lowest BCUT2D eigenvalue weighted by Crippen LogP contribution is -2.48. The van der Waals surface area contributed by atoms with Crippen LogP contribution >= 0.6 is 23.2 Å². The number of rotatable bonds is 8. The lowest BCUT2D eigenvalue weighted by atomic mass is 9.94. The second kappa shape index (κ2) is 12.3. The molecule has 3 aromatic rings. The van der Waals surface area contributed by atoms with Crippen molar-refractivity contribution in [1.82, 2.24) is 9.97 Å². The molecule has 2 aliphatic heterocycles. The Morgan fingerprint density at radius 3 is 2.12 bits per heavy atom. The Morgan fingerprint density at radius 2 is 1.48 bits per heavy atom. The van der Waals surface area contributed by atoms with E-state index in [1.165, 1.54) is 42.5 Å². The molecule has 6 rings (SSSR count). The molecule has 13 heteroatoms. The second-order valence-electron chi connectivity index (χ2n) is 10.3. The molecule has 222 valence electrons. The van der Waals surface area contributed by atoms with Crippen molar-refractivity contribution in [2.45, 2.75) is 43.7 Å². The number of nitrogens with zero attached hydrogens (tertiary/aromatic N) is 2. The van der Waals surface area contributed by atoms with E-state index in [1.54, 1.807) is 0 Å². The first kappa shape index (κ1) is 29.0. The van der Waals surface area contributed by atoms with Crippen LogP contribution in [0.2, 0.25) is 10.0 Å². The van der Waals surface area contributed by atoms with Crippen LogP contribution in [0.5, 0.6) is 0 Å². The van der Waals surface area contributed by atoms with E-state index in [0.29, 0.717) is 74.1 Å². The molecule has 0 radical (unpaired) electrons. The van der Waals surface area contributed by atoms with Gasteiger partial charge in [-0.1, -0.05) is 23.2 Å². The number of anilines is 4. The molecule has 0 spiro atoms. The zero-order valence-corrected chi connectivity index (χ0v) is 23.9. The van der Waals surface area contributed by atoms with Crippen LogP contribution < -0.4 is 10.6 Å². The minimum absolute atomic E-state index is 0.0679. The van der Waals surface area contributed by atoms with Crippen LogP contribution in [0, 0.1) is 11.6 Å². The summed E-state index contributed by atoms with van der Waals surface area (Å²) in [5.74, 6) is -2.31. The number of halogens is 4. The molecule has 1 aliphatic carbocycles. The van der Waals surface area contributed by atoms with Crippen LogP contribution in [0.3, 0.4) is 0 Å². The zero-order valence-electron chi connectivity index (χ0n) is 22.3. The molecule has 2 fully saturated rings. The quantitative estimate of drug-likeness (QED) is 0.237. The Hall–Kier alpha value is -3.06. The second-order valence-corrected chi connectivity index (χ2v) is 11.1. The van der Waals surface area contributed by atoms with Gasteiger partial charge in [-0.05, 0) is 55.7 Å². The Morgan fingerprint density at radius 1 is 0.857 bits per heavy atom. The number of aromatic nitrogens is 2. The number of hydrogen-bond acceptors (Lipinski definition) is 9. The molecular formula is C29H28Cl2F2N4O5. The number of nitrogens with one attached hydrogen (secondary N) is 2. The molecule has 1 aromatic heterocycles. The topological polar surface area (TPSA) is 107 Å². The van der Waals surface area contributed by atoms with Crippen LogP contribution in [0.15, 0.2) is 42.2 Å². The SMILES string of the molecule is OC1=Cc2nc(Nc3ccc(F)c(Cl)c3)nc(Nc3ccc(F)c(Cl)c3)c2CC1(OC1CCOCC1)O[C@H]1CCOC1. The van der Waals surface area contributed by atoms with Gasteiger partial charge >= 0.3 is 0 Å². The van der Waals surface area contributed by atoms with Crippen molar-refractivity contribution in [2.75, 3.05) is 37.1 Å². The van der Waals surface area contributed by atoms with E-state index in [1.807, 2.05) is 0 Å². The number of ether oxygens (including phenoxy) is 4. The third-order valence-electron chi connectivity index (χ3n) is 7.24. The van der Waals surface area contributed by atoms with Crippen molar-refractivity contribution in [3.8, 4) is 0 Å². The molecule has 3 aliphatic rings. The average Bonchev–Trinajstić information content (AvgIpc) is 3.47. The van der Waals surface area contributed by atoms with Gasteiger partial charge in [0.05, 0.1) is 34.6 Å². The monoisotopic (exact) mass is 620 g/mol. The van der Waals surface area contributed by atoms with Crippen LogP contribution in [0.25, 0.3) is 6.08 Å². The Balaban J connectivity index is 1.41. The smallest absolute Gasteiger partial charge is 0.232 e. The van der Waals surface area contributed by atoms with Crippen molar-refractivity contribution >= 4 is 52.4 Å². The van der Waals surface area contributed by atoms with Crippen LogP contribution in [-0.4, -0.2) is 59.5 Å². The molecule has 3 heterocycles. The highest BCUT2D eigenvalue weighted by atomic mass is 35.5. The van der Waals surface area contributed by atoms with E-state index in [2.05, 4.69) is 20.6 Å². The minimum Gasteiger partial charge on any atom is -0.507 e. The first-order valence-electron chi connectivity index (χ1n) is 13.6. The van der Waals surface area contributed by atoms with Gasteiger partial charge in [0, 0.05) is 49.3 Å². The summed E-state index contributed by atoms with van der Waals surface area (Å²) >= 11 is 12.0. The Kier molecular flexibility index (Phi) is 8.49. The van der Waals surface area contributed by atoms with Crippen molar-refractivity contribution in [3.05, 3.63) is 75.1 Å². The summed E-state index contributed by atoms with van der Waals surface area (Å²) in [6.45, 7) is 2.00. The molecular weight excluding hydrogens is 593 g/mol. The molecule has 0 bridgehead atoms. The van der Waals surface area contributed by atoms with E-state index in [9.17, 15) is 13.9 Å². The molecule has 0 saturated carbocycles. The van der Waals surface area contributed by atoms with Crippen molar-refractivity contribution in [2.24, 2.45) is 0 Å². The summed E-state index contributed by atoms with van der Waals surface area (Å²) in [5, 5.41) is 17.6. The van der Waals surface area contributed by atoms with Gasteiger partial charge in [0.2, 0.25) is 11.7 Å². The van der Waals surface area contributed by atoms with Gasteiger partial charge in [-0.3, -0.25) is 0 Å². The predicted octanol–water partition coefficient (Wildman–Crippen LogP) is 6.70. The standard InChI is InChI=1S/C29H28Cl2F2N4O5/c30-21-11-16(1-3-23(21)32)34-27-20-14-29(42-19-7-10-40-15-19,41-18-5-8-39-9-6-18)26(38)13-25(20)36-28(37-27)35-17-2-4-24(33)22(31)12-17/h1-4,11-13,18-19,38H,5-10,14-15H2,(H2,34,35,36,37)/t19-,29?/m0/s1. The number of fused-ring (bicyclic) bond motifs is 1. The van der Waals surface area contributed by atoms with Gasteiger partial charge in [-0.15, -0.1) is 0 Å². The molecule has 9 nitrogen and oxygen atoms in total. The number of aliphatic hydroxyl groups excluding tert-OH is 1. The van der Waals surface area contributed by atoms with Crippen LogP contribution in [-0.2, 0) is 25.4 Å². The van der Waals surface area contributed by atoms with E-state index >= 15 is 0 Å². The predicted molar refractivity (Wildman–Crippen MR) is 154 cm³/mol. The third-order valence-corrected chi connectivity index (χ3v) is 7.82. The first-order chi connectivity index (χ1) is 20.3. The van der Waals surface area contributed by atoms with Gasteiger partial charge in [0.15, 0.2) is 5.76 Å². The Labute approximate surface area is 250 Å². The van der Waals surface area contributed by atoms with Gasteiger partial charge in [-0.2, -0.15) is 4.98 Å². The van der Waals surface area contributed by atoms with Gasteiger partial charge in [-0.25, -0.2) is 13.8 Å². The molecule has 0 amide bonds. The normalized spacial score (nSPS) is 22.5. The summed E-state index contributed by atoms with van der Waals surface area (Å²) < 4.78 is 51.7. The highest BCUT2D eigenvalue weighted by Gasteiger charge is 2.47. The van der Waals surface area contributed by atoms with E-state index < -0.39 is 17.4 Å². The molecule has 1 unspecified atom stereocenters. The summed E-state index contributed by atoms with van der Waals surface area (Å²) in [4.78, 5) is 9.29. The van der Waals surface area contributed by atoms with E-state index in [0.717, 1.165) is 0 Å². The lowest BCUT2D eigenvalue weighted by molar-refractivity contribution is -0.275. The first-order valence-corrected chi connectivity index (χ1v) is 14.3. The molecule has 3 N–H and O–H groups in total. The van der Waals surface area contributed by atoms with Crippen LogP contribution in [0.4, 0.5) is 31.9 Å². The average molecular weight is 621 g/mol. The highest BCUT2D eigenvalue weighted by Crippen LogP contribution is 2.41. The summed E-state index contributed by atoms with van der Waals surface area (Å²) in [7, 11) is 0. The molecule has 2 saturated heterocycles. The van der Waals surface area contributed by atoms with Gasteiger partial charge < -0.3 is 34.7 Å².